The minimum atomic E-state index is -1.15. The van der Waals surface area contributed by atoms with Crippen molar-refractivity contribution in [2.45, 2.75) is 57.8 Å². The number of benzene rings is 2. The maximum absolute atomic E-state index is 11.4. The Morgan fingerprint density at radius 2 is 1.68 bits per heavy atom. The summed E-state index contributed by atoms with van der Waals surface area (Å²) in [5.74, 6) is -0.710. The number of carboxylic acids is 1. The first-order valence-electron chi connectivity index (χ1n) is 12.9. The summed E-state index contributed by atoms with van der Waals surface area (Å²) in [5.41, 5.74) is 8.31. The lowest BCUT2D eigenvalue weighted by Crippen LogP contribution is -2.44. The molecule has 37 heavy (non-hydrogen) atoms. The number of aliphatic carboxylic acids is 1. The van der Waals surface area contributed by atoms with Gasteiger partial charge in [0.05, 0.1) is 6.42 Å². The lowest BCUT2D eigenvalue weighted by atomic mass is 9.69. The average Bonchev–Trinajstić information content (AvgIpc) is 3.16. The Balaban J connectivity index is 1.44. The second-order valence-corrected chi connectivity index (χ2v) is 11.6. The first kappa shape index (κ1) is 25.0. The van der Waals surface area contributed by atoms with E-state index < -0.39 is 5.97 Å². The number of carbonyl (C=O) groups excluding carboxylic acids is 2. The highest BCUT2D eigenvalue weighted by atomic mass is 16.5. The summed E-state index contributed by atoms with van der Waals surface area (Å²) >= 11 is 0. The molecule has 0 atom stereocenters. The molecule has 0 saturated heterocycles. The maximum atomic E-state index is 11.4. The zero-order chi connectivity index (χ0) is 26.4. The molecule has 0 fully saturated rings. The first-order chi connectivity index (χ1) is 17.6. The molecule has 0 aromatic heterocycles. The third-order valence-electron chi connectivity index (χ3n) is 8.14. The standard InChI is InChI=1S/C31H34N2O4/c1-30(2)11-13-32-14-12-31(3,4)26-16-21(15-25(30)29(26)32)7-5-6-8-23-17-22-18-24(37-20-34)9-10-27(22)33(23)19-28(35)36/h5-10,15-16,18,20H,11-14,17,19H2,1-4H3. The van der Waals surface area contributed by atoms with Crippen LogP contribution in [0.25, 0.3) is 6.08 Å². The number of anilines is 1. The van der Waals surface area contributed by atoms with Crippen LogP contribution < -0.4 is 14.7 Å². The number of ether oxygens (including phenoxy) is 1. The van der Waals surface area contributed by atoms with Crippen molar-refractivity contribution in [2.75, 3.05) is 24.5 Å². The molecule has 0 spiro atoms. The Labute approximate surface area is 218 Å². The summed E-state index contributed by atoms with van der Waals surface area (Å²) in [6.07, 6.45) is 10.9. The van der Waals surface area contributed by atoms with Gasteiger partial charge in [-0.25, -0.2) is 0 Å². The van der Waals surface area contributed by atoms with Crippen molar-refractivity contribution in [1.29, 1.82) is 0 Å². The van der Waals surface area contributed by atoms with Crippen molar-refractivity contribution in [2.24, 2.45) is 0 Å². The Kier molecular flexibility index (Phi) is 6.30. The highest BCUT2D eigenvalue weighted by Gasteiger charge is 2.39. The van der Waals surface area contributed by atoms with Crippen LogP contribution >= 0.6 is 0 Å². The highest BCUT2D eigenvalue weighted by Crippen LogP contribution is 2.49. The van der Waals surface area contributed by atoms with Gasteiger partial charge in [-0.1, -0.05) is 45.9 Å². The molecule has 0 bridgehead atoms. The summed E-state index contributed by atoms with van der Waals surface area (Å²) in [6, 6.07) is 9.89. The lowest BCUT2D eigenvalue weighted by molar-refractivity contribution is -0.447. The molecular formula is C31H34N2O4. The zero-order valence-corrected chi connectivity index (χ0v) is 22.0. The molecule has 5 rings (SSSR count). The van der Waals surface area contributed by atoms with E-state index in [4.69, 9.17) is 4.74 Å². The number of allylic oxidation sites excluding steroid dienone is 3. The number of rotatable bonds is 7. The molecule has 6 nitrogen and oxygen atoms in total. The first-order valence-corrected chi connectivity index (χ1v) is 12.9. The second-order valence-electron chi connectivity index (χ2n) is 11.6. The molecule has 3 heterocycles. The van der Waals surface area contributed by atoms with Crippen LogP contribution in [0.5, 0.6) is 5.75 Å². The largest absolute Gasteiger partial charge is 0.544 e. The monoisotopic (exact) mass is 498 g/mol. The molecular weight excluding hydrogens is 464 g/mol. The summed E-state index contributed by atoms with van der Waals surface area (Å²) in [5, 5.41) is 11.4. The van der Waals surface area contributed by atoms with Crippen molar-refractivity contribution >= 4 is 35.6 Å². The number of carbonyl (C=O) groups is 2. The predicted molar refractivity (Wildman–Crippen MR) is 144 cm³/mol. The predicted octanol–water partition coefficient (Wildman–Crippen LogP) is 4.05. The number of hydrogen-bond donors (Lipinski definition) is 0. The lowest BCUT2D eigenvalue weighted by Gasteiger charge is -2.48. The Morgan fingerprint density at radius 3 is 2.30 bits per heavy atom. The average molecular weight is 499 g/mol. The fourth-order valence-electron chi connectivity index (χ4n) is 5.90. The summed E-state index contributed by atoms with van der Waals surface area (Å²) < 4.78 is 6.70. The summed E-state index contributed by atoms with van der Waals surface area (Å²) in [6.45, 7) is 11.8. The van der Waals surface area contributed by atoms with Crippen LogP contribution in [0.4, 0.5) is 11.4 Å². The SMILES string of the molecule is CC1(C)CCN2CCC(C)(C)c3cc(/C=C/C=C/C4=[N+](CC(=O)[O-])c5ccc(OC=O)cc5C4)cc1c32. The van der Waals surface area contributed by atoms with Gasteiger partial charge >= 0.3 is 0 Å². The normalized spacial score (nSPS) is 19.3. The number of hydrogen-bond acceptors (Lipinski definition) is 5. The van der Waals surface area contributed by atoms with Crippen molar-refractivity contribution in [3.05, 3.63) is 70.8 Å². The van der Waals surface area contributed by atoms with Crippen LogP contribution in [0.1, 0.15) is 62.8 Å². The number of fused-ring (bicyclic) bond motifs is 1. The van der Waals surface area contributed by atoms with Crippen LogP contribution in [-0.4, -0.2) is 42.4 Å². The molecule has 2 aromatic carbocycles. The van der Waals surface area contributed by atoms with E-state index in [0.29, 0.717) is 18.6 Å². The third kappa shape index (κ3) is 4.73. The van der Waals surface area contributed by atoms with E-state index in [0.717, 1.165) is 42.9 Å². The van der Waals surface area contributed by atoms with E-state index in [1.807, 2.05) is 18.2 Å². The smallest absolute Gasteiger partial charge is 0.298 e. The van der Waals surface area contributed by atoms with Crippen LogP contribution in [0, 0.1) is 0 Å². The molecule has 0 saturated carbocycles. The Morgan fingerprint density at radius 1 is 1.03 bits per heavy atom. The van der Waals surface area contributed by atoms with Crippen molar-refractivity contribution < 1.29 is 24.0 Å². The van der Waals surface area contributed by atoms with E-state index in [1.54, 1.807) is 22.8 Å². The molecule has 3 aliphatic heterocycles. The van der Waals surface area contributed by atoms with E-state index in [1.165, 1.54) is 22.4 Å². The highest BCUT2D eigenvalue weighted by molar-refractivity contribution is 5.97. The summed E-state index contributed by atoms with van der Waals surface area (Å²) in [4.78, 5) is 24.7. The van der Waals surface area contributed by atoms with Crippen molar-refractivity contribution in [1.82, 2.24) is 0 Å². The fraction of sp³-hybridized carbons (Fsp3) is 0.387. The van der Waals surface area contributed by atoms with Gasteiger partial charge in [-0.05, 0) is 64.6 Å². The van der Waals surface area contributed by atoms with Crippen molar-refractivity contribution in [3.63, 3.8) is 0 Å². The quantitative estimate of drug-likeness (QED) is 0.327. The van der Waals surface area contributed by atoms with Gasteiger partial charge in [-0.2, -0.15) is 4.58 Å². The number of carboxylic acid groups (broad SMARTS) is 1. The van der Waals surface area contributed by atoms with Crippen LogP contribution in [0.3, 0.4) is 0 Å². The summed E-state index contributed by atoms with van der Waals surface area (Å²) in [7, 11) is 0. The van der Waals surface area contributed by atoms with Gasteiger partial charge in [0.15, 0.2) is 12.3 Å². The molecule has 0 radical (unpaired) electrons. The molecule has 0 N–H and O–H groups in total. The molecule has 0 amide bonds. The van der Waals surface area contributed by atoms with Crippen LogP contribution in [0.15, 0.2) is 48.6 Å². The number of nitrogens with zero attached hydrogens (tertiary/aromatic N) is 2. The van der Waals surface area contributed by atoms with Crippen molar-refractivity contribution in [3.8, 4) is 5.75 Å². The van der Waals surface area contributed by atoms with Gasteiger partial charge in [-0.15, -0.1) is 0 Å². The minimum Gasteiger partial charge on any atom is -0.544 e. The molecule has 6 heteroatoms. The Bertz CT molecular complexity index is 1320. The van der Waals surface area contributed by atoms with Gasteiger partial charge in [0, 0.05) is 36.5 Å². The van der Waals surface area contributed by atoms with Gasteiger partial charge in [0.2, 0.25) is 5.69 Å². The van der Waals surface area contributed by atoms with Crippen LogP contribution in [0.2, 0.25) is 0 Å². The molecule has 0 aliphatic carbocycles. The third-order valence-corrected chi connectivity index (χ3v) is 8.14. The second kappa shape index (κ2) is 9.33. The molecule has 3 aliphatic rings. The van der Waals surface area contributed by atoms with E-state index >= 15 is 0 Å². The Hall–Kier alpha value is -3.67. The minimum absolute atomic E-state index is 0.136. The van der Waals surface area contributed by atoms with Gasteiger partial charge in [0.1, 0.15) is 11.7 Å². The van der Waals surface area contributed by atoms with E-state index in [2.05, 4.69) is 50.8 Å². The van der Waals surface area contributed by atoms with E-state index in [9.17, 15) is 14.7 Å². The zero-order valence-electron chi connectivity index (χ0n) is 22.0. The van der Waals surface area contributed by atoms with Gasteiger partial charge < -0.3 is 19.5 Å². The molecule has 0 unspecified atom stereocenters. The van der Waals surface area contributed by atoms with E-state index in [-0.39, 0.29) is 17.4 Å². The molecule has 2 aromatic rings. The maximum Gasteiger partial charge on any atom is 0.298 e. The fourth-order valence-corrected chi connectivity index (χ4v) is 5.90. The van der Waals surface area contributed by atoms with Gasteiger partial charge in [0.25, 0.3) is 6.47 Å². The van der Waals surface area contributed by atoms with Crippen LogP contribution in [-0.2, 0) is 26.8 Å². The molecule has 192 valence electrons. The topological polar surface area (TPSA) is 72.7 Å². The van der Waals surface area contributed by atoms with Gasteiger partial charge in [-0.3, -0.25) is 4.79 Å².